The van der Waals surface area contributed by atoms with E-state index in [-0.39, 0.29) is 0 Å². The Balaban J connectivity index is 1.49. The molecule has 1 nitrogen and oxygen atoms in total. The average Bonchev–Trinajstić information content (AvgIpc) is 2.92. The molecule has 0 saturated heterocycles. The third kappa shape index (κ3) is 2.64. The molecule has 8 rings (SSSR count). The van der Waals surface area contributed by atoms with Gasteiger partial charge < -0.3 is 4.74 Å². The van der Waals surface area contributed by atoms with Crippen molar-refractivity contribution in [2.75, 3.05) is 0 Å². The van der Waals surface area contributed by atoms with Crippen molar-refractivity contribution in [1.29, 1.82) is 0 Å². The van der Waals surface area contributed by atoms with Crippen molar-refractivity contribution in [2.45, 2.75) is 0 Å². The second-order valence-electron chi connectivity index (χ2n) is 9.33. The molecule has 1 heterocycles. The number of hydrogen-bond acceptors (Lipinski definition) is 1. The van der Waals surface area contributed by atoms with Crippen LogP contribution in [0.4, 0.5) is 0 Å². The first-order chi connectivity index (χ1) is 17.3. The number of rotatable bonds is 1. The summed E-state index contributed by atoms with van der Waals surface area (Å²) in [5.74, 6) is 1.84. The predicted octanol–water partition coefficient (Wildman–Crippen LogP) is 9.74. The van der Waals surface area contributed by atoms with Gasteiger partial charge in [0.1, 0.15) is 11.5 Å². The fourth-order valence-corrected chi connectivity index (χ4v) is 5.84. The summed E-state index contributed by atoms with van der Waals surface area (Å²) in [4.78, 5) is 0. The molecular weight excluding hydrogens is 424 g/mol. The Morgan fingerprint density at radius 2 is 1.00 bits per heavy atom. The van der Waals surface area contributed by atoms with Crippen molar-refractivity contribution >= 4 is 43.1 Å². The number of benzene rings is 7. The number of hydrogen-bond donors (Lipinski definition) is 0. The van der Waals surface area contributed by atoms with Crippen LogP contribution in [-0.2, 0) is 0 Å². The van der Waals surface area contributed by atoms with Gasteiger partial charge in [-0.15, -0.1) is 0 Å². The lowest BCUT2D eigenvalue weighted by atomic mass is 9.87. The van der Waals surface area contributed by atoms with Crippen molar-refractivity contribution in [1.82, 2.24) is 0 Å². The van der Waals surface area contributed by atoms with Crippen LogP contribution in [0.2, 0.25) is 0 Å². The van der Waals surface area contributed by atoms with Gasteiger partial charge in [0.25, 0.3) is 0 Å². The summed E-state index contributed by atoms with van der Waals surface area (Å²) in [6.07, 6.45) is 0. The Bertz CT molecular complexity index is 1980. The molecule has 162 valence electrons. The van der Waals surface area contributed by atoms with Gasteiger partial charge in [-0.3, -0.25) is 0 Å². The molecule has 0 atom stereocenters. The average molecular weight is 445 g/mol. The highest BCUT2D eigenvalue weighted by Gasteiger charge is 2.21. The molecule has 0 fully saturated rings. The van der Waals surface area contributed by atoms with E-state index in [9.17, 15) is 0 Å². The Kier molecular flexibility index (Phi) is 3.72. The lowest BCUT2D eigenvalue weighted by molar-refractivity contribution is 0.487. The second-order valence-corrected chi connectivity index (χ2v) is 9.33. The Hall–Kier alpha value is -4.62. The summed E-state index contributed by atoms with van der Waals surface area (Å²) >= 11 is 0. The quantitative estimate of drug-likeness (QED) is 0.181. The molecule has 0 bridgehead atoms. The van der Waals surface area contributed by atoms with Crippen molar-refractivity contribution < 1.29 is 4.74 Å². The summed E-state index contributed by atoms with van der Waals surface area (Å²) in [5.41, 5.74) is 4.88. The van der Waals surface area contributed by atoms with E-state index < -0.39 is 0 Å². The van der Waals surface area contributed by atoms with Crippen molar-refractivity contribution in [3.63, 3.8) is 0 Å². The van der Waals surface area contributed by atoms with Crippen molar-refractivity contribution in [3.8, 4) is 33.8 Å². The third-order valence-corrected chi connectivity index (χ3v) is 7.42. The van der Waals surface area contributed by atoms with Crippen LogP contribution in [0.5, 0.6) is 11.5 Å². The minimum Gasteiger partial charge on any atom is -0.456 e. The number of ether oxygens (including phenoxy) is 1. The van der Waals surface area contributed by atoms with Crippen LogP contribution in [-0.4, -0.2) is 0 Å². The fraction of sp³-hybridized carbons (Fsp3) is 0. The zero-order valence-corrected chi connectivity index (χ0v) is 19.0. The first-order valence-electron chi connectivity index (χ1n) is 12.0. The molecular formula is C34H20O. The van der Waals surface area contributed by atoms with E-state index in [1.54, 1.807) is 0 Å². The molecule has 1 aliphatic heterocycles. The zero-order chi connectivity index (χ0) is 22.9. The first-order valence-corrected chi connectivity index (χ1v) is 12.0. The fourth-order valence-electron chi connectivity index (χ4n) is 5.84. The molecule has 1 aliphatic rings. The lowest BCUT2D eigenvalue weighted by Gasteiger charge is -2.23. The van der Waals surface area contributed by atoms with E-state index in [2.05, 4.69) is 109 Å². The third-order valence-electron chi connectivity index (χ3n) is 7.42. The van der Waals surface area contributed by atoms with E-state index in [0.29, 0.717) is 0 Å². The van der Waals surface area contributed by atoms with Gasteiger partial charge in [0.2, 0.25) is 0 Å². The van der Waals surface area contributed by atoms with Crippen LogP contribution < -0.4 is 4.74 Å². The monoisotopic (exact) mass is 444 g/mol. The maximum Gasteiger partial charge on any atom is 0.135 e. The van der Waals surface area contributed by atoms with E-state index in [1.165, 1.54) is 59.8 Å². The molecule has 0 radical (unpaired) electrons. The van der Waals surface area contributed by atoms with Gasteiger partial charge in [-0.05, 0) is 78.7 Å². The molecule has 0 aliphatic carbocycles. The summed E-state index contributed by atoms with van der Waals surface area (Å²) in [6.45, 7) is 0. The summed E-state index contributed by atoms with van der Waals surface area (Å²) < 4.78 is 6.35. The van der Waals surface area contributed by atoms with Gasteiger partial charge >= 0.3 is 0 Å². The summed E-state index contributed by atoms with van der Waals surface area (Å²) in [7, 11) is 0. The Labute approximate surface area is 202 Å². The van der Waals surface area contributed by atoms with Gasteiger partial charge in [0, 0.05) is 10.9 Å². The maximum absolute atomic E-state index is 6.35. The minimum absolute atomic E-state index is 0.920. The topological polar surface area (TPSA) is 9.23 Å². The van der Waals surface area contributed by atoms with Gasteiger partial charge in [-0.1, -0.05) is 97.1 Å². The SMILES string of the molecule is c1ccc2c(c1)Oc1cccc3c(-c4cccc5ccc6cc7ccccc7cc6c45)ccc-2c13. The Morgan fingerprint density at radius 1 is 0.343 bits per heavy atom. The number of para-hydroxylation sites is 1. The Morgan fingerprint density at radius 3 is 1.94 bits per heavy atom. The number of fused-ring (bicyclic) bond motifs is 6. The normalized spacial score (nSPS) is 12.2. The standard InChI is InChI=1S/C34H20O/c1-2-8-23-20-30-24(19-22(23)7-1)16-15-21-9-5-11-27(33(21)30)25-17-18-29-26-10-3-4-13-31(26)35-32-14-6-12-28(25)34(29)32/h1-20H. The highest BCUT2D eigenvalue weighted by atomic mass is 16.5. The van der Waals surface area contributed by atoms with Crippen LogP contribution in [0, 0.1) is 0 Å². The van der Waals surface area contributed by atoms with Crippen LogP contribution >= 0.6 is 0 Å². The molecule has 7 aromatic rings. The molecule has 7 aromatic carbocycles. The van der Waals surface area contributed by atoms with Crippen molar-refractivity contribution in [2.24, 2.45) is 0 Å². The van der Waals surface area contributed by atoms with Crippen LogP contribution in [0.25, 0.3) is 65.3 Å². The van der Waals surface area contributed by atoms with E-state index >= 15 is 0 Å². The largest absolute Gasteiger partial charge is 0.456 e. The molecule has 35 heavy (non-hydrogen) atoms. The summed E-state index contributed by atoms with van der Waals surface area (Å²) in [5, 5.41) is 10.1. The van der Waals surface area contributed by atoms with E-state index in [1.807, 2.05) is 12.1 Å². The smallest absolute Gasteiger partial charge is 0.135 e. The second kappa shape index (κ2) is 6.94. The predicted molar refractivity (Wildman–Crippen MR) is 147 cm³/mol. The van der Waals surface area contributed by atoms with Crippen LogP contribution in [0.15, 0.2) is 121 Å². The molecule has 1 heteroatoms. The van der Waals surface area contributed by atoms with Gasteiger partial charge in [-0.25, -0.2) is 0 Å². The molecule has 0 N–H and O–H groups in total. The van der Waals surface area contributed by atoms with Crippen LogP contribution in [0.1, 0.15) is 0 Å². The van der Waals surface area contributed by atoms with Gasteiger partial charge in [0.15, 0.2) is 0 Å². The van der Waals surface area contributed by atoms with E-state index in [0.717, 1.165) is 17.1 Å². The lowest BCUT2D eigenvalue weighted by Crippen LogP contribution is -1.97. The molecule has 0 amide bonds. The van der Waals surface area contributed by atoms with E-state index in [4.69, 9.17) is 4.74 Å². The first kappa shape index (κ1) is 18.8. The molecule has 0 saturated carbocycles. The highest BCUT2D eigenvalue weighted by Crippen LogP contribution is 2.49. The maximum atomic E-state index is 6.35. The molecule has 0 aromatic heterocycles. The van der Waals surface area contributed by atoms with Crippen LogP contribution in [0.3, 0.4) is 0 Å². The minimum atomic E-state index is 0.920. The zero-order valence-electron chi connectivity index (χ0n) is 19.0. The van der Waals surface area contributed by atoms with Gasteiger partial charge in [-0.2, -0.15) is 0 Å². The summed E-state index contributed by atoms with van der Waals surface area (Å²) in [6, 6.07) is 43.7. The van der Waals surface area contributed by atoms with Crippen molar-refractivity contribution in [3.05, 3.63) is 121 Å². The molecule has 0 unspecified atom stereocenters. The van der Waals surface area contributed by atoms with Gasteiger partial charge in [0.05, 0.1) is 0 Å². The highest BCUT2D eigenvalue weighted by molar-refractivity contribution is 6.20. The molecule has 0 spiro atoms.